The first-order valence-corrected chi connectivity index (χ1v) is 9.88. The number of carbonyl (C=O) groups is 1. The molecule has 3 N–H and O–H groups in total. The average molecular weight is 537 g/mol. The molecule has 0 atom stereocenters. The van der Waals surface area contributed by atoms with Crippen molar-refractivity contribution < 1.29 is 4.79 Å². The molecule has 0 aromatic heterocycles. The number of halogens is 2. The SMILES string of the molecule is CCNC(=NCC1(c2ccc(Br)cc2)CCCC1)NCCNC(C)=O.I. The smallest absolute Gasteiger partial charge is 0.216 e. The minimum Gasteiger partial charge on any atom is -0.357 e. The second-order valence-corrected chi connectivity index (χ2v) is 7.51. The summed E-state index contributed by atoms with van der Waals surface area (Å²) < 4.78 is 1.11. The molecule has 26 heavy (non-hydrogen) atoms. The minimum atomic E-state index is -0.0103. The lowest BCUT2D eigenvalue weighted by Gasteiger charge is -2.28. The van der Waals surface area contributed by atoms with Gasteiger partial charge in [-0.15, -0.1) is 24.0 Å². The van der Waals surface area contributed by atoms with Crippen molar-refractivity contribution in [3.8, 4) is 0 Å². The van der Waals surface area contributed by atoms with E-state index < -0.39 is 0 Å². The Hall–Kier alpha value is -0.830. The first kappa shape index (κ1) is 23.2. The van der Waals surface area contributed by atoms with E-state index in [2.05, 4.69) is 63.1 Å². The quantitative estimate of drug-likeness (QED) is 0.216. The molecule has 0 saturated heterocycles. The van der Waals surface area contributed by atoms with Crippen LogP contribution in [0, 0.1) is 0 Å². The normalized spacial score (nSPS) is 15.9. The Morgan fingerprint density at radius 2 is 1.73 bits per heavy atom. The number of nitrogens with zero attached hydrogens (tertiary/aromatic N) is 1. The Morgan fingerprint density at radius 3 is 2.31 bits per heavy atom. The van der Waals surface area contributed by atoms with Crippen LogP contribution in [0.15, 0.2) is 33.7 Å². The van der Waals surface area contributed by atoms with Gasteiger partial charge < -0.3 is 16.0 Å². The van der Waals surface area contributed by atoms with E-state index in [1.807, 2.05) is 0 Å². The van der Waals surface area contributed by atoms with Crippen LogP contribution in [-0.4, -0.2) is 38.0 Å². The standard InChI is InChI=1S/C19H29BrN4O.HI/c1-3-21-18(23-13-12-22-15(2)25)24-14-19(10-4-5-11-19)16-6-8-17(20)9-7-16;/h6-9H,3-5,10-14H2,1-2H3,(H,22,25)(H2,21,23,24);1H. The lowest BCUT2D eigenvalue weighted by Crippen LogP contribution is -2.42. The van der Waals surface area contributed by atoms with Crippen LogP contribution in [0.4, 0.5) is 0 Å². The lowest BCUT2D eigenvalue weighted by atomic mass is 9.79. The summed E-state index contributed by atoms with van der Waals surface area (Å²) in [5.41, 5.74) is 1.52. The van der Waals surface area contributed by atoms with E-state index >= 15 is 0 Å². The number of guanidine groups is 1. The molecule has 5 nitrogen and oxygen atoms in total. The van der Waals surface area contributed by atoms with Crippen LogP contribution in [0.3, 0.4) is 0 Å². The lowest BCUT2D eigenvalue weighted by molar-refractivity contribution is -0.118. The molecule has 0 heterocycles. The number of rotatable bonds is 7. The number of hydrogen-bond donors (Lipinski definition) is 3. The summed E-state index contributed by atoms with van der Waals surface area (Å²) in [6.45, 7) is 6.45. The van der Waals surface area contributed by atoms with Crippen molar-refractivity contribution >= 4 is 51.8 Å². The maximum atomic E-state index is 10.9. The third-order valence-electron chi connectivity index (χ3n) is 4.69. The second-order valence-electron chi connectivity index (χ2n) is 6.60. The van der Waals surface area contributed by atoms with Gasteiger partial charge in [-0.1, -0.05) is 40.9 Å². The zero-order valence-corrected chi connectivity index (χ0v) is 19.5. The van der Waals surface area contributed by atoms with E-state index in [9.17, 15) is 4.79 Å². The zero-order valence-electron chi connectivity index (χ0n) is 15.6. The van der Waals surface area contributed by atoms with Crippen LogP contribution < -0.4 is 16.0 Å². The molecule has 0 aliphatic heterocycles. The van der Waals surface area contributed by atoms with Gasteiger partial charge in [0.15, 0.2) is 5.96 Å². The largest absolute Gasteiger partial charge is 0.357 e. The van der Waals surface area contributed by atoms with E-state index in [0.717, 1.165) is 23.5 Å². The highest BCUT2D eigenvalue weighted by molar-refractivity contribution is 14.0. The third-order valence-corrected chi connectivity index (χ3v) is 5.22. The van der Waals surface area contributed by atoms with Gasteiger partial charge in [-0.05, 0) is 37.5 Å². The highest BCUT2D eigenvalue weighted by Crippen LogP contribution is 2.41. The molecule has 1 saturated carbocycles. The van der Waals surface area contributed by atoms with E-state index in [-0.39, 0.29) is 35.3 Å². The van der Waals surface area contributed by atoms with E-state index in [4.69, 9.17) is 4.99 Å². The first-order valence-electron chi connectivity index (χ1n) is 9.08. The van der Waals surface area contributed by atoms with Crippen molar-refractivity contribution in [1.82, 2.24) is 16.0 Å². The maximum absolute atomic E-state index is 10.9. The third kappa shape index (κ3) is 7.06. The van der Waals surface area contributed by atoms with Gasteiger partial charge in [0.25, 0.3) is 0 Å². The van der Waals surface area contributed by atoms with Gasteiger partial charge in [-0.25, -0.2) is 0 Å². The monoisotopic (exact) mass is 536 g/mol. The molecule has 7 heteroatoms. The number of amides is 1. The zero-order chi connectivity index (χ0) is 18.1. The van der Waals surface area contributed by atoms with Crippen LogP contribution in [-0.2, 0) is 10.2 Å². The van der Waals surface area contributed by atoms with Crippen molar-refractivity contribution in [3.63, 3.8) is 0 Å². The van der Waals surface area contributed by atoms with Crippen LogP contribution in [0.5, 0.6) is 0 Å². The van der Waals surface area contributed by atoms with Gasteiger partial charge in [0.2, 0.25) is 5.91 Å². The summed E-state index contributed by atoms with van der Waals surface area (Å²) in [7, 11) is 0. The molecule has 1 aromatic rings. The summed E-state index contributed by atoms with van der Waals surface area (Å²) in [5.74, 6) is 0.806. The van der Waals surface area contributed by atoms with Crippen molar-refractivity contribution in [3.05, 3.63) is 34.3 Å². The predicted molar refractivity (Wildman–Crippen MR) is 122 cm³/mol. The summed E-state index contributed by atoms with van der Waals surface area (Å²) in [6.07, 6.45) is 4.89. The molecule has 0 radical (unpaired) electrons. The fourth-order valence-electron chi connectivity index (χ4n) is 3.38. The minimum absolute atomic E-state index is 0. The number of aliphatic imine (C=N–C) groups is 1. The van der Waals surface area contributed by atoms with Crippen LogP contribution in [0.2, 0.25) is 0 Å². The van der Waals surface area contributed by atoms with E-state index in [0.29, 0.717) is 13.1 Å². The number of hydrogen-bond acceptors (Lipinski definition) is 2. The van der Waals surface area contributed by atoms with Crippen LogP contribution in [0.25, 0.3) is 0 Å². The van der Waals surface area contributed by atoms with E-state index in [1.165, 1.54) is 38.2 Å². The molecule has 1 fully saturated rings. The Bertz CT molecular complexity index is 586. The predicted octanol–water partition coefficient (Wildman–Crippen LogP) is 3.57. The van der Waals surface area contributed by atoms with Crippen molar-refractivity contribution in [2.45, 2.75) is 44.9 Å². The molecular formula is C19H30BrIN4O. The van der Waals surface area contributed by atoms with Gasteiger partial charge in [-0.3, -0.25) is 9.79 Å². The summed E-state index contributed by atoms with van der Waals surface area (Å²) in [5, 5.41) is 9.38. The molecule has 1 aliphatic rings. The van der Waals surface area contributed by atoms with Gasteiger partial charge in [0.05, 0.1) is 6.54 Å². The fraction of sp³-hybridized carbons (Fsp3) is 0.579. The molecule has 1 aliphatic carbocycles. The van der Waals surface area contributed by atoms with E-state index in [1.54, 1.807) is 0 Å². The average Bonchev–Trinajstić information content (AvgIpc) is 3.07. The molecule has 1 aromatic carbocycles. The molecule has 0 spiro atoms. The van der Waals surface area contributed by atoms with Gasteiger partial charge in [0.1, 0.15) is 0 Å². The molecular weight excluding hydrogens is 507 g/mol. The van der Waals surface area contributed by atoms with Gasteiger partial charge in [0, 0.05) is 36.4 Å². The maximum Gasteiger partial charge on any atom is 0.216 e. The summed E-state index contributed by atoms with van der Waals surface area (Å²) >= 11 is 3.52. The highest BCUT2D eigenvalue weighted by Gasteiger charge is 2.35. The van der Waals surface area contributed by atoms with Crippen molar-refractivity contribution in [2.75, 3.05) is 26.2 Å². The van der Waals surface area contributed by atoms with Crippen molar-refractivity contribution in [1.29, 1.82) is 0 Å². The van der Waals surface area contributed by atoms with Gasteiger partial charge in [-0.2, -0.15) is 0 Å². The Balaban J connectivity index is 0.00000338. The first-order chi connectivity index (χ1) is 12.1. The summed E-state index contributed by atoms with van der Waals surface area (Å²) in [6, 6.07) is 8.69. The number of carbonyl (C=O) groups excluding carboxylic acids is 1. The molecule has 146 valence electrons. The Labute approximate surface area is 182 Å². The highest BCUT2D eigenvalue weighted by atomic mass is 127. The van der Waals surface area contributed by atoms with Crippen LogP contribution >= 0.6 is 39.9 Å². The number of benzene rings is 1. The molecule has 0 unspecified atom stereocenters. The number of nitrogens with one attached hydrogen (secondary N) is 3. The second kappa shape index (κ2) is 11.8. The molecule has 0 bridgehead atoms. The van der Waals surface area contributed by atoms with Crippen molar-refractivity contribution in [2.24, 2.45) is 4.99 Å². The topological polar surface area (TPSA) is 65.5 Å². The Kier molecular flexibility index (Phi) is 10.5. The fourth-order valence-corrected chi connectivity index (χ4v) is 3.65. The van der Waals surface area contributed by atoms with Crippen LogP contribution in [0.1, 0.15) is 45.1 Å². The molecule has 2 rings (SSSR count). The van der Waals surface area contributed by atoms with Gasteiger partial charge >= 0.3 is 0 Å². The molecule has 1 amide bonds. The Morgan fingerprint density at radius 1 is 1.12 bits per heavy atom. The summed E-state index contributed by atoms with van der Waals surface area (Å²) in [4.78, 5) is 15.8.